The predicted molar refractivity (Wildman–Crippen MR) is 114 cm³/mol. The minimum Gasteiger partial charge on any atom is -0.444 e. The summed E-state index contributed by atoms with van der Waals surface area (Å²) in [5.74, 6) is 0.0557. The molecule has 1 aromatic heterocycles. The SMILES string of the molecule is Cc1cnc(CNC(=O)c2ccc3c(c2)N(Cc2c(F)cccc2Cl)C(=O)C3(C)C)o1. The van der Waals surface area contributed by atoms with Crippen molar-refractivity contribution in [3.63, 3.8) is 0 Å². The Kier molecular flexibility index (Phi) is 5.31. The summed E-state index contributed by atoms with van der Waals surface area (Å²) in [6, 6.07) is 9.49. The molecule has 0 spiro atoms. The lowest BCUT2D eigenvalue weighted by atomic mass is 9.86. The third-order valence-electron chi connectivity index (χ3n) is 5.45. The molecule has 0 fully saturated rings. The maximum Gasteiger partial charge on any atom is 0.251 e. The van der Waals surface area contributed by atoms with Crippen LogP contribution in [0.15, 0.2) is 47.0 Å². The Labute approximate surface area is 184 Å². The second kappa shape index (κ2) is 7.81. The molecule has 2 heterocycles. The standard InChI is InChI=1S/C23H21ClFN3O3/c1-13-10-26-20(31-13)11-27-21(29)14-7-8-16-19(9-14)28(22(30)23(16,2)3)12-15-17(24)5-4-6-18(15)25/h4-10H,11-12H2,1-3H3,(H,27,29). The lowest BCUT2D eigenvalue weighted by Crippen LogP contribution is -2.36. The van der Waals surface area contributed by atoms with Crippen molar-refractivity contribution < 1.29 is 18.4 Å². The summed E-state index contributed by atoms with van der Waals surface area (Å²) in [4.78, 5) is 31.4. The highest BCUT2D eigenvalue weighted by atomic mass is 35.5. The number of carbonyl (C=O) groups is 2. The molecule has 4 rings (SSSR count). The molecular formula is C23H21ClFN3O3. The largest absolute Gasteiger partial charge is 0.444 e. The Morgan fingerprint density at radius 1 is 1.29 bits per heavy atom. The van der Waals surface area contributed by atoms with E-state index in [1.54, 1.807) is 37.4 Å². The van der Waals surface area contributed by atoms with E-state index in [9.17, 15) is 14.0 Å². The normalized spacial score (nSPS) is 14.6. The second-order valence-corrected chi connectivity index (χ2v) is 8.40. The van der Waals surface area contributed by atoms with Gasteiger partial charge in [-0.1, -0.05) is 23.7 Å². The number of nitrogens with zero attached hydrogens (tertiary/aromatic N) is 2. The third kappa shape index (κ3) is 3.81. The van der Waals surface area contributed by atoms with Crippen molar-refractivity contribution in [3.8, 4) is 0 Å². The first kappa shape index (κ1) is 21.1. The van der Waals surface area contributed by atoms with Crippen molar-refractivity contribution in [1.29, 1.82) is 0 Å². The number of amides is 2. The van der Waals surface area contributed by atoms with Crippen LogP contribution in [0.3, 0.4) is 0 Å². The molecule has 2 amide bonds. The van der Waals surface area contributed by atoms with Crippen molar-refractivity contribution in [3.05, 3.63) is 81.8 Å². The Hall–Kier alpha value is -3.19. The maximum atomic E-state index is 14.4. The highest BCUT2D eigenvalue weighted by Crippen LogP contribution is 2.43. The number of anilines is 1. The highest BCUT2D eigenvalue weighted by Gasteiger charge is 2.44. The zero-order chi connectivity index (χ0) is 22.3. The topological polar surface area (TPSA) is 75.4 Å². The van der Waals surface area contributed by atoms with Crippen LogP contribution in [0.4, 0.5) is 10.1 Å². The summed E-state index contributed by atoms with van der Waals surface area (Å²) in [5.41, 5.74) is 1.13. The van der Waals surface area contributed by atoms with E-state index in [1.165, 1.54) is 17.0 Å². The van der Waals surface area contributed by atoms with Gasteiger partial charge in [0.15, 0.2) is 0 Å². The summed E-state index contributed by atoms with van der Waals surface area (Å²) < 4.78 is 19.7. The van der Waals surface area contributed by atoms with Crippen LogP contribution in [0.5, 0.6) is 0 Å². The molecular weight excluding hydrogens is 421 g/mol. The Balaban J connectivity index is 1.64. The molecule has 6 nitrogen and oxygen atoms in total. The zero-order valence-corrected chi connectivity index (χ0v) is 18.1. The summed E-state index contributed by atoms with van der Waals surface area (Å²) >= 11 is 6.18. The molecule has 0 saturated carbocycles. The molecule has 0 aliphatic carbocycles. The molecule has 160 valence electrons. The number of benzene rings is 2. The summed E-state index contributed by atoms with van der Waals surface area (Å²) in [7, 11) is 0. The van der Waals surface area contributed by atoms with Gasteiger partial charge >= 0.3 is 0 Å². The fraction of sp³-hybridized carbons (Fsp3) is 0.261. The number of aromatic nitrogens is 1. The molecule has 1 aliphatic heterocycles. The van der Waals surface area contributed by atoms with E-state index < -0.39 is 11.2 Å². The van der Waals surface area contributed by atoms with Gasteiger partial charge in [-0.05, 0) is 50.6 Å². The van der Waals surface area contributed by atoms with Crippen LogP contribution in [0, 0.1) is 12.7 Å². The van der Waals surface area contributed by atoms with E-state index in [0.29, 0.717) is 22.9 Å². The van der Waals surface area contributed by atoms with Crippen LogP contribution in [0.25, 0.3) is 0 Å². The fourth-order valence-corrected chi connectivity index (χ4v) is 3.95. The van der Waals surface area contributed by atoms with E-state index >= 15 is 0 Å². The molecule has 0 radical (unpaired) electrons. The highest BCUT2D eigenvalue weighted by molar-refractivity contribution is 6.31. The molecule has 1 N–H and O–H groups in total. The van der Waals surface area contributed by atoms with Gasteiger partial charge < -0.3 is 14.6 Å². The van der Waals surface area contributed by atoms with Gasteiger partial charge in [-0.3, -0.25) is 9.59 Å². The van der Waals surface area contributed by atoms with Crippen molar-refractivity contribution in [2.24, 2.45) is 0 Å². The number of oxazole rings is 1. The monoisotopic (exact) mass is 441 g/mol. The number of halogens is 2. The molecule has 0 saturated heterocycles. The number of aryl methyl sites for hydroxylation is 1. The number of nitrogens with one attached hydrogen (secondary N) is 1. The van der Waals surface area contributed by atoms with Gasteiger partial charge in [0.2, 0.25) is 11.8 Å². The van der Waals surface area contributed by atoms with Gasteiger partial charge in [-0.2, -0.15) is 0 Å². The van der Waals surface area contributed by atoms with Crippen LogP contribution in [-0.2, 0) is 23.3 Å². The van der Waals surface area contributed by atoms with Gasteiger partial charge in [0.05, 0.1) is 24.7 Å². The van der Waals surface area contributed by atoms with E-state index in [0.717, 1.165) is 5.56 Å². The first-order valence-corrected chi connectivity index (χ1v) is 10.1. The third-order valence-corrected chi connectivity index (χ3v) is 5.81. The van der Waals surface area contributed by atoms with Crippen LogP contribution in [-0.4, -0.2) is 16.8 Å². The average molecular weight is 442 g/mol. The van der Waals surface area contributed by atoms with Gasteiger partial charge in [-0.15, -0.1) is 0 Å². The molecule has 0 bridgehead atoms. The molecule has 2 aromatic carbocycles. The number of hydrogen-bond acceptors (Lipinski definition) is 4. The van der Waals surface area contributed by atoms with Crippen LogP contribution < -0.4 is 10.2 Å². The molecule has 0 unspecified atom stereocenters. The van der Waals surface area contributed by atoms with E-state index in [1.807, 2.05) is 13.8 Å². The van der Waals surface area contributed by atoms with Crippen LogP contribution >= 0.6 is 11.6 Å². The smallest absolute Gasteiger partial charge is 0.251 e. The summed E-state index contributed by atoms with van der Waals surface area (Å²) in [5, 5.41) is 3.00. The molecule has 0 atom stereocenters. The molecule has 3 aromatic rings. The van der Waals surface area contributed by atoms with Crippen molar-refractivity contribution >= 4 is 29.1 Å². The number of carbonyl (C=O) groups excluding carboxylic acids is 2. The quantitative estimate of drug-likeness (QED) is 0.631. The van der Waals surface area contributed by atoms with Gasteiger partial charge in [-0.25, -0.2) is 9.37 Å². The number of rotatable bonds is 5. The lowest BCUT2D eigenvalue weighted by molar-refractivity contribution is -0.122. The maximum absolute atomic E-state index is 14.4. The summed E-state index contributed by atoms with van der Waals surface area (Å²) in [6.07, 6.45) is 1.58. The van der Waals surface area contributed by atoms with E-state index in [2.05, 4.69) is 10.3 Å². The fourth-order valence-electron chi connectivity index (χ4n) is 3.73. The molecule has 1 aliphatic rings. The van der Waals surface area contributed by atoms with Gasteiger partial charge in [0.1, 0.15) is 11.6 Å². The zero-order valence-electron chi connectivity index (χ0n) is 17.3. The molecule has 8 heteroatoms. The minimum absolute atomic E-state index is 0.0264. The van der Waals surface area contributed by atoms with Crippen molar-refractivity contribution in [2.75, 3.05) is 4.90 Å². The second-order valence-electron chi connectivity index (χ2n) is 8.00. The summed E-state index contributed by atoms with van der Waals surface area (Å²) in [6.45, 7) is 5.50. The van der Waals surface area contributed by atoms with E-state index in [4.69, 9.17) is 16.0 Å². The predicted octanol–water partition coefficient (Wildman–Crippen LogP) is 4.53. The van der Waals surface area contributed by atoms with Crippen LogP contribution in [0.1, 0.15) is 47.0 Å². The first-order valence-electron chi connectivity index (χ1n) is 9.77. The van der Waals surface area contributed by atoms with Crippen molar-refractivity contribution in [2.45, 2.75) is 39.3 Å². The van der Waals surface area contributed by atoms with Gasteiger partial charge in [0.25, 0.3) is 5.91 Å². The minimum atomic E-state index is -0.808. The van der Waals surface area contributed by atoms with Gasteiger partial charge in [0, 0.05) is 21.8 Å². The lowest BCUT2D eigenvalue weighted by Gasteiger charge is -2.21. The van der Waals surface area contributed by atoms with Crippen molar-refractivity contribution in [1.82, 2.24) is 10.3 Å². The Bertz CT molecular complexity index is 1170. The Morgan fingerprint density at radius 2 is 2.06 bits per heavy atom. The van der Waals surface area contributed by atoms with Crippen LogP contribution in [0.2, 0.25) is 5.02 Å². The number of fused-ring (bicyclic) bond motifs is 1. The average Bonchev–Trinajstić information content (AvgIpc) is 3.23. The first-order chi connectivity index (χ1) is 14.7. The number of hydrogen-bond donors (Lipinski definition) is 1. The van der Waals surface area contributed by atoms with E-state index in [-0.39, 0.29) is 35.5 Å². The molecule has 31 heavy (non-hydrogen) atoms. The Morgan fingerprint density at radius 3 is 2.74 bits per heavy atom.